The van der Waals surface area contributed by atoms with Crippen LogP contribution >= 0.6 is 0 Å². The zero-order valence-electron chi connectivity index (χ0n) is 12.9. The molecule has 9 heteroatoms. The van der Waals surface area contributed by atoms with Crippen molar-refractivity contribution in [3.8, 4) is 0 Å². The number of carbonyl (C=O) groups is 1. The molecule has 4 rings (SSSR count). The number of nitrogen functional groups attached to an aromatic ring is 1. The molecule has 2 unspecified atom stereocenters. The summed E-state index contributed by atoms with van der Waals surface area (Å²) < 4.78 is 0. The van der Waals surface area contributed by atoms with Gasteiger partial charge in [0.1, 0.15) is 0 Å². The molecular formula is C15H14N6O3. The molecule has 2 aliphatic carbocycles. The Balaban J connectivity index is 1.87. The number of hydrogen-bond acceptors (Lipinski definition) is 9. The monoisotopic (exact) mass is 326 g/mol. The van der Waals surface area contributed by atoms with Gasteiger partial charge in [-0.05, 0) is 12.2 Å². The van der Waals surface area contributed by atoms with E-state index in [2.05, 4.69) is 19.9 Å². The highest BCUT2D eigenvalue weighted by atomic mass is 16.4. The van der Waals surface area contributed by atoms with Crippen molar-refractivity contribution in [2.75, 3.05) is 24.7 Å². The number of Topliss-reactive ketones (excluding diaryl/α,β-unsaturated/α-hetero) is 1. The molecule has 0 spiro atoms. The van der Waals surface area contributed by atoms with Gasteiger partial charge in [0.25, 0.3) is 0 Å². The third-order valence-corrected chi connectivity index (χ3v) is 4.20. The number of aromatic nitrogens is 4. The number of ketones is 1. The minimum atomic E-state index is -1.89. The zero-order valence-corrected chi connectivity index (χ0v) is 12.9. The largest absolute Gasteiger partial charge is 0.374 e. The molecule has 0 saturated heterocycles. The summed E-state index contributed by atoms with van der Waals surface area (Å²) in [4.78, 5) is 30.3. The number of rotatable bonds is 2. The lowest BCUT2D eigenvalue weighted by Crippen LogP contribution is -2.24. The highest BCUT2D eigenvalue weighted by Crippen LogP contribution is 2.49. The fourth-order valence-corrected chi connectivity index (χ4v) is 2.77. The van der Waals surface area contributed by atoms with Gasteiger partial charge in [0.2, 0.25) is 11.7 Å². The standard InChI is InChI=1S/C15H14N6O3/c1-21(2)11-9-10(19-13(16)20-11)17-6-8(18-9)7-3-4-14(23)12(22)15(14,24)5-7/h3-6,23-24H,1-2H3,(H2,16,17,19,20). The molecule has 2 heterocycles. The summed E-state index contributed by atoms with van der Waals surface area (Å²) in [7, 11) is 3.59. The lowest BCUT2D eigenvalue weighted by Gasteiger charge is -2.15. The van der Waals surface area contributed by atoms with Crippen molar-refractivity contribution >= 4 is 34.3 Å². The van der Waals surface area contributed by atoms with Crippen LogP contribution in [0.4, 0.5) is 11.8 Å². The minimum absolute atomic E-state index is 0.0907. The highest BCUT2D eigenvalue weighted by Gasteiger charge is 2.76. The smallest absolute Gasteiger partial charge is 0.224 e. The minimum Gasteiger partial charge on any atom is -0.374 e. The van der Waals surface area contributed by atoms with Crippen LogP contribution in [0, 0.1) is 0 Å². The zero-order chi connectivity index (χ0) is 17.3. The van der Waals surface area contributed by atoms with E-state index in [1.165, 1.54) is 24.4 Å². The Labute approximate surface area is 136 Å². The van der Waals surface area contributed by atoms with Gasteiger partial charge in [0, 0.05) is 19.7 Å². The van der Waals surface area contributed by atoms with Crippen molar-refractivity contribution in [1.29, 1.82) is 0 Å². The van der Waals surface area contributed by atoms with Crippen molar-refractivity contribution < 1.29 is 15.0 Å². The van der Waals surface area contributed by atoms with E-state index in [1.807, 2.05) is 0 Å². The van der Waals surface area contributed by atoms with Gasteiger partial charge in [-0.1, -0.05) is 6.08 Å². The molecule has 0 bridgehead atoms. The van der Waals surface area contributed by atoms with Gasteiger partial charge in [0.15, 0.2) is 28.2 Å². The van der Waals surface area contributed by atoms with Gasteiger partial charge in [-0.25, -0.2) is 9.97 Å². The maximum Gasteiger partial charge on any atom is 0.224 e. The van der Waals surface area contributed by atoms with Crippen molar-refractivity contribution in [3.05, 3.63) is 30.1 Å². The fourth-order valence-electron chi connectivity index (χ4n) is 2.77. The topological polar surface area (TPSA) is 138 Å². The third-order valence-electron chi connectivity index (χ3n) is 4.20. The van der Waals surface area contributed by atoms with Gasteiger partial charge in [-0.3, -0.25) is 4.79 Å². The Morgan fingerprint density at radius 3 is 2.58 bits per heavy atom. The van der Waals surface area contributed by atoms with Crippen LogP contribution in [0.25, 0.3) is 16.7 Å². The van der Waals surface area contributed by atoms with Gasteiger partial charge >= 0.3 is 0 Å². The maximum absolute atomic E-state index is 11.7. The Hall–Kier alpha value is -2.91. The molecular weight excluding hydrogens is 312 g/mol. The van der Waals surface area contributed by atoms with Crippen molar-refractivity contribution in [3.63, 3.8) is 0 Å². The van der Waals surface area contributed by atoms with E-state index >= 15 is 0 Å². The fraction of sp³-hybridized carbons (Fsp3) is 0.267. The van der Waals surface area contributed by atoms with E-state index in [1.54, 1.807) is 19.0 Å². The van der Waals surface area contributed by atoms with Gasteiger partial charge in [-0.2, -0.15) is 9.97 Å². The summed E-state index contributed by atoms with van der Waals surface area (Å²) in [5.74, 6) is -0.0574. The number of fused-ring (bicyclic) bond motifs is 2. The molecule has 24 heavy (non-hydrogen) atoms. The van der Waals surface area contributed by atoms with E-state index in [4.69, 9.17) is 5.73 Å². The van der Waals surface area contributed by atoms with Crippen LogP contribution in [-0.4, -0.2) is 61.2 Å². The molecule has 0 aromatic carbocycles. The highest BCUT2D eigenvalue weighted by molar-refractivity contribution is 6.20. The third kappa shape index (κ3) is 1.73. The number of nitrogens with two attached hydrogens (primary N) is 1. The van der Waals surface area contributed by atoms with Gasteiger partial charge in [0.05, 0.1) is 11.9 Å². The number of nitrogens with zero attached hydrogens (tertiary/aromatic N) is 5. The summed E-state index contributed by atoms with van der Waals surface area (Å²) in [5.41, 5.74) is 3.64. The van der Waals surface area contributed by atoms with E-state index < -0.39 is 17.0 Å². The van der Waals surface area contributed by atoms with E-state index in [0.29, 0.717) is 28.2 Å². The van der Waals surface area contributed by atoms with Crippen molar-refractivity contribution in [2.24, 2.45) is 0 Å². The number of carbonyl (C=O) groups excluding carboxylic acids is 1. The average Bonchev–Trinajstić information content (AvgIpc) is 2.99. The molecule has 2 aliphatic rings. The number of aliphatic hydroxyl groups is 2. The van der Waals surface area contributed by atoms with Crippen LogP contribution in [0.5, 0.6) is 0 Å². The van der Waals surface area contributed by atoms with E-state index in [0.717, 1.165) is 0 Å². The predicted octanol–water partition coefficient (Wildman–Crippen LogP) is -0.934. The molecule has 0 radical (unpaired) electrons. The number of hydrogen-bond donors (Lipinski definition) is 3. The first-order valence-corrected chi connectivity index (χ1v) is 7.16. The molecule has 4 N–H and O–H groups in total. The molecule has 2 aromatic heterocycles. The van der Waals surface area contributed by atoms with Crippen LogP contribution in [0.3, 0.4) is 0 Å². The first-order chi connectivity index (χ1) is 11.3. The van der Waals surface area contributed by atoms with E-state index in [-0.39, 0.29) is 5.95 Å². The summed E-state index contributed by atoms with van der Waals surface area (Å²) in [6.45, 7) is 0. The molecule has 0 amide bonds. The summed E-state index contributed by atoms with van der Waals surface area (Å²) in [6.07, 6.45) is 5.55. The SMILES string of the molecule is CN(C)c1nc(N)nc2ncc(C3=CC4(O)C(=O)C4(O)C=C3)nc12. The maximum atomic E-state index is 11.7. The predicted molar refractivity (Wildman–Crippen MR) is 85.9 cm³/mol. The first kappa shape index (κ1) is 14.7. The number of anilines is 2. The second-order valence-corrected chi connectivity index (χ2v) is 6.02. The second kappa shape index (κ2) is 4.34. The summed E-state index contributed by atoms with van der Waals surface area (Å²) in [5, 5.41) is 20.1. The Morgan fingerprint density at radius 2 is 1.92 bits per heavy atom. The lowest BCUT2D eigenvalue weighted by atomic mass is 10.0. The van der Waals surface area contributed by atoms with Crippen LogP contribution in [0.1, 0.15) is 5.69 Å². The molecule has 0 aliphatic heterocycles. The lowest BCUT2D eigenvalue weighted by molar-refractivity contribution is -0.116. The van der Waals surface area contributed by atoms with E-state index in [9.17, 15) is 15.0 Å². The Morgan fingerprint density at radius 1 is 1.17 bits per heavy atom. The quantitative estimate of drug-likeness (QED) is 0.638. The molecule has 1 fully saturated rings. The molecule has 122 valence electrons. The molecule has 1 saturated carbocycles. The summed E-state index contributed by atoms with van der Waals surface area (Å²) >= 11 is 0. The first-order valence-electron chi connectivity index (χ1n) is 7.16. The Kier molecular flexibility index (Phi) is 2.65. The normalized spacial score (nSPS) is 27.8. The average molecular weight is 326 g/mol. The van der Waals surface area contributed by atoms with Crippen LogP contribution < -0.4 is 10.6 Å². The van der Waals surface area contributed by atoms with Crippen LogP contribution in [-0.2, 0) is 4.79 Å². The molecule has 2 aromatic rings. The second-order valence-electron chi connectivity index (χ2n) is 6.02. The summed E-state index contributed by atoms with van der Waals surface area (Å²) in [6, 6.07) is 0. The molecule has 9 nitrogen and oxygen atoms in total. The van der Waals surface area contributed by atoms with Gasteiger partial charge < -0.3 is 20.8 Å². The Bertz CT molecular complexity index is 969. The van der Waals surface area contributed by atoms with Crippen LogP contribution in [0.15, 0.2) is 24.4 Å². The number of allylic oxidation sites excluding steroid dienone is 2. The molecule has 2 atom stereocenters. The van der Waals surface area contributed by atoms with Crippen molar-refractivity contribution in [2.45, 2.75) is 11.2 Å². The van der Waals surface area contributed by atoms with Crippen molar-refractivity contribution in [1.82, 2.24) is 19.9 Å². The van der Waals surface area contributed by atoms with Crippen LogP contribution in [0.2, 0.25) is 0 Å². The van der Waals surface area contributed by atoms with Gasteiger partial charge in [-0.15, -0.1) is 0 Å².